The molecule has 1 aromatic rings. The Morgan fingerprint density at radius 2 is 2.04 bits per heavy atom. The van der Waals surface area contributed by atoms with Gasteiger partial charge < -0.3 is 19.9 Å². The van der Waals surface area contributed by atoms with E-state index in [4.69, 9.17) is 9.47 Å². The van der Waals surface area contributed by atoms with Crippen molar-refractivity contribution < 1.29 is 28.6 Å². The van der Waals surface area contributed by atoms with Crippen molar-refractivity contribution in [2.75, 3.05) is 13.3 Å². The number of ether oxygens (including phenoxy) is 2. The molecular weight excluding hydrogens is 432 g/mol. The third kappa shape index (κ3) is 7.33. The maximum absolute atomic E-state index is 12.2. The molecule has 1 amide bonds. The van der Waals surface area contributed by atoms with Crippen LogP contribution in [0.15, 0.2) is 18.2 Å². The van der Waals surface area contributed by atoms with Gasteiger partial charge >= 0.3 is 12.1 Å². The molecule has 0 aliphatic heterocycles. The zero-order chi connectivity index (χ0) is 18.3. The Morgan fingerprint density at radius 1 is 1.38 bits per heavy atom. The molecule has 0 saturated carbocycles. The lowest BCUT2D eigenvalue weighted by molar-refractivity contribution is -0.139. The Bertz CT molecular complexity index is 588. The number of hydrogen-bond donors (Lipinski definition) is 2. The molecule has 1 rings (SSSR count). The van der Waals surface area contributed by atoms with Crippen LogP contribution in [0.5, 0.6) is 5.75 Å². The van der Waals surface area contributed by atoms with Crippen molar-refractivity contribution in [1.82, 2.24) is 5.32 Å². The van der Waals surface area contributed by atoms with Crippen LogP contribution >= 0.6 is 22.6 Å². The summed E-state index contributed by atoms with van der Waals surface area (Å²) in [7, 11) is 0. The molecular formula is C16H21FINO5. The SMILES string of the molecule is CC(C)(C)OC(=O)N[C@H](Cc1cc(OCCF)ccc1I)C(=O)O. The van der Waals surface area contributed by atoms with Gasteiger partial charge in [-0.1, -0.05) is 0 Å². The smallest absolute Gasteiger partial charge is 0.408 e. The van der Waals surface area contributed by atoms with Crippen LogP contribution in [0.25, 0.3) is 0 Å². The maximum atomic E-state index is 12.2. The van der Waals surface area contributed by atoms with Gasteiger partial charge in [-0.05, 0) is 67.1 Å². The molecule has 0 radical (unpaired) electrons. The van der Waals surface area contributed by atoms with Crippen LogP contribution in [-0.4, -0.2) is 42.1 Å². The highest BCUT2D eigenvalue weighted by Crippen LogP contribution is 2.21. The lowest BCUT2D eigenvalue weighted by Gasteiger charge is -2.22. The molecule has 0 heterocycles. The summed E-state index contributed by atoms with van der Waals surface area (Å²) in [5.41, 5.74) is -0.0442. The number of nitrogens with one attached hydrogen (secondary N) is 1. The zero-order valence-corrected chi connectivity index (χ0v) is 15.9. The molecule has 24 heavy (non-hydrogen) atoms. The van der Waals surface area contributed by atoms with Gasteiger partial charge in [0.1, 0.15) is 30.7 Å². The van der Waals surface area contributed by atoms with Gasteiger partial charge in [0.05, 0.1) is 0 Å². The lowest BCUT2D eigenvalue weighted by Crippen LogP contribution is -2.44. The molecule has 134 valence electrons. The van der Waals surface area contributed by atoms with Gasteiger partial charge in [0.2, 0.25) is 0 Å². The molecule has 0 spiro atoms. The predicted molar refractivity (Wildman–Crippen MR) is 95.1 cm³/mol. The Hall–Kier alpha value is -1.58. The van der Waals surface area contributed by atoms with E-state index in [9.17, 15) is 19.1 Å². The van der Waals surface area contributed by atoms with E-state index in [0.717, 1.165) is 3.57 Å². The fourth-order valence-electron chi connectivity index (χ4n) is 1.82. The first-order chi connectivity index (χ1) is 11.1. The second-order valence-electron chi connectivity index (χ2n) is 6.03. The van der Waals surface area contributed by atoms with Crippen LogP contribution in [-0.2, 0) is 16.0 Å². The number of alkyl carbamates (subject to hydrolysis) is 1. The Morgan fingerprint density at radius 3 is 2.58 bits per heavy atom. The largest absolute Gasteiger partial charge is 0.491 e. The van der Waals surface area contributed by atoms with Crippen LogP contribution < -0.4 is 10.1 Å². The first-order valence-corrected chi connectivity index (χ1v) is 8.40. The van der Waals surface area contributed by atoms with Gasteiger partial charge in [0, 0.05) is 9.99 Å². The van der Waals surface area contributed by atoms with E-state index in [1.165, 1.54) is 0 Å². The van der Waals surface area contributed by atoms with Crippen LogP contribution in [0.3, 0.4) is 0 Å². The number of alkyl halides is 1. The highest BCUT2D eigenvalue weighted by atomic mass is 127. The average molecular weight is 453 g/mol. The summed E-state index contributed by atoms with van der Waals surface area (Å²) < 4.78 is 23.3. The van der Waals surface area contributed by atoms with E-state index < -0.39 is 30.4 Å². The number of aliphatic carboxylic acids is 1. The van der Waals surface area contributed by atoms with Gasteiger partial charge in [-0.3, -0.25) is 0 Å². The molecule has 0 bridgehead atoms. The van der Waals surface area contributed by atoms with Gasteiger partial charge in [-0.15, -0.1) is 0 Å². The van der Waals surface area contributed by atoms with E-state index in [-0.39, 0.29) is 13.0 Å². The quantitative estimate of drug-likeness (QED) is 0.620. The molecule has 0 fully saturated rings. The van der Waals surface area contributed by atoms with Crippen molar-refractivity contribution in [1.29, 1.82) is 0 Å². The molecule has 0 aliphatic carbocycles. The molecule has 1 aromatic carbocycles. The summed E-state index contributed by atoms with van der Waals surface area (Å²) in [6.45, 7) is 4.39. The minimum absolute atomic E-state index is 0.0552. The highest BCUT2D eigenvalue weighted by molar-refractivity contribution is 14.1. The first kappa shape index (κ1) is 20.5. The Kier molecular flexibility index (Phi) is 7.71. The number of carbonyl (C=O) groups is 2. The molecule has 2 N–H and O–H groups in total. The summed E-state index contributed by atoms with van der Waals surface area (Å²) in [5.74, 6) is -0.726. The second-order valence-corrected chi connectivity index (χ2v) is 7.19. The topological polar surface area (TPSA) is 84.9 Å². The minimum Gasteiger partial charge on any atom is -0.491 e. The molecule has 0 saturated heterocycles. The van der Waals surface area contributed by atoms with Gasteiger partial charge in [0.15, 0.2) is 0 Å². The maximum Gasteiger partial charge on any atom is 0.408 e. The fraction of sp³-hybridized carbons (Fsp3) is 0.500. The van der Waals surface area contributed by atoms with Gasteiger partial charge in [-0.2, -0.15) is 0 Å². The summed E-state index contributed by atoms with van der Waals surface area (Å²) in [6.07, 6.45) is -0.741. The van der Waals surface area contributed by atoms with Gasteiger partial charge in [0.25, 0.3) is 0 Å². The summed E-state index contributed by atoms with van der Waals surface area (Å²) in [4.78, 5) is 23.2. The van der Waals surface area contributed by atoms with Crippen molar-refractivity contribution in [2.24, 2.45) is 0 Å². The van der Waals surface area contributed by atoms with Crippen molar-refractivity contribution >= 4 is 34.7 Å². The van der Waals surface area contributed by atoms with Crippen LogP contribution in [0.1, 0.15) is 26.3 Å². The average Bonchev–Trinajstić information content (AvgIpc) is 2.45. The number of carboxylic acids is 1. The third-order valence-corrected chi connectivity index (χ3v) is 3.83. The third-order valence-electron chi connectivity index (χ3n) is 2.78. The molecule has 0 aliphatic rings. The number of carbonyl (C=O) groups excluding carboxylic acids is 1. The Labute approximate surface area is 153 Å². The predicted octanol–water partition coefficient (Wildman–Crippen LogP) is 3.16. The summed E-state index contributed by atoms with van der Waals surface area (Å²) >= 11 is 2.06. The molecule has 1 atom stereocenters. The van der Waals surface area contributed by atoms with E-state index >= 15 is 0 Å². The first-order valence-electron chi connectivity index (χ1n) is 7.32. The highest BCUT2D eigenvalue weighted by Gasteiger charge is 2.25. The number of amides is 1. The zero-order valence-electron chi connectivity index (χ0n) is 13.8. The molecule has 0 aromatic heterocycles. The van der Waals surface area contributed by atoms with Gasteiger partial charge in [-0.25, -0.2) is 14.0 Å². The Balaban J connectivity index is 2.84. The summed E-state index contributed by atoms with van der Waals surface area (Å²) in [6, 6.07) is 3.92. The fourth-order valence-corrected chi connectivity index (χ4v) is 2.38. The number of carboxylic acid groups (broad SMARTS) is 1. The second kappa shape index (κ2) is 9.05. The van der Waals surface area contributed by atoms with Crippen molar-refractivity contribution in [3.05, 3.63) is 27.3 Å². The number of hydrogen-bond acceptors (Lipinski definition) is 4. The number of rotatable bonds is 7. The van der Waals surface area contributed by atoms with Crippen molar-refractivity contribution in [2.45, 2.75) is 38.8 Å². The lowest BCUT2D eigenvalue weighted by atomic mass is 10.1. The van der Waals surface area contributed by atoms with Crippen molar-refractivity contribution in [3.63, 3.8) is 0 Å². The molecule has 8 heteroatoms. The van der Waals surface area contributed by atoms with Crippen LogP contribution in [0.2, 0.25) is 0 Å². The van der Waals surface area contributed by atoms with Crippen LogP contribution in [0, 0.1) is 3.57 Å². The van der Waals surface area contributed by atoms with E-state index in [2.05, 4.69) is 27.9 Å². The van der Waals surface area contributed by atoms with E-state index in [0.29, 0.717) is 11.3 Å². The van der Waals surface area contributed by atoms with E-state index in [1.807, 2.05) is 0 Å². The van der Waals surface area contributed by atoms with Crippen molar-refractivity contribution in [3.8, 4) is 5.75 Å². The van der Waals surface area contributed by atoms with E-state index in [1.54, 1.807) is 39.0 Å². The molecule has 6 nitrogen and oxygen atoms in total. The normalized spacial score (nSPS) is 12.4. The van der Waals surface area contributed by atoms with Crippen LogP contribution in [0.4, 0.5) is 9.18 Å². The number of benzene rings is 1. The molecule has 0 unspecified atom stereocenters. The monoisotopic (exact) mass is 453 g/mol. The summed E-state index contributed by atoms with van der Waals surface area (Å²) in [5, 5.41) is 11.7. The number of halogens is 2. The standard InChI is InChI=1S/C16H21FINO5/c1-16(2,3)24-15(22)19-13(14(20)21)9-10-8-11(23-7-6-17)4-5-12(10)18/h4-5,8,13H,6-7,9H2,1-3H3,(H,19,22)(H,20,21)/t13-/m1/s1. The minimum atomic E-state index is -1.17.